The van der Waals surface area contributed by atoms with Crippen LogP contribution >= 0.6 is 12.4 Å². The van der Waals surface area contributed by atoms with E-state index in [1.54, 1.807) is 0 Å². The van der Waals surface area contributed by atoms with Crippen LogP contribution in [0.5, 0.6) is 0 Å². The summed E-state index contributed by atoms with van der Waals surface area (Å²) in [5, 5.41) is 9.23. The van der Waals surface area contributed by atoms with Crippen molar-refractivity contribution in [2.24, 2.45) is 5.92 Å². The summed E-state index contributed by atoms with van der Waals surface area (Å²) in [6.45, 7) is 3.22. The smallest absolute Gasteiger partial charge is 0.325 e. The number of hydrogen-bond acceptors (Lipinski definition) is 4. The molecule has 7 nitrogen and oxygen atoms in total. The van der Waals surface area contributed by atoms with Crippen LogP contribution in [-0.2, 0) is 9.59 Å². The van der Waals surface area contributed by atoms with E-state index in [1.807, 2.05) is 0 Å². The van der Waals surface area contributed by atoms with E-state index in [1.165, 1.54) is 38.5 Å². The first-order valence-electron chi connectivity index (χ1n) is 11.2. The van der Waals surface area contributed by atoms with Gasteiger partial charge in [0.25, 0.3) is 5.91 Å². The van der Waals surface area contributed by atoms with Gasteiger partial charge in [-0.25, -0.2) is 4.79 Å². The van der Waals surface area contributed by atoms with Gasteiger partial charge in [0, 0.05) is 19.1 Å². The molecular formula is C21H37ClN4O3. The minimum absolute atomic E-state index is 0. The van der Waals surface area contributed by atoms with Gasteiger partial charge in [0.15, 0.2) is 0 Å². The van der Waals surface area contributed by atoms with Gasteiger partial charge in [0.1, 0.15) is 12.1 Å². The highest BCUT2D eigenvalue weighted by Gasteiger charge is 2.52. The Bertz CT molecular complexity index is 570. The van der Waals surface area contributed by atoms with Gasteiger partial charge in [-0.05, 0) is 44.4 Å². The Morgan fingerprint density at radius 3 is 2.34 bits per heavy atom. The summed E-state index contributed by atoms with van der Waals surface area (Å²) in [6, 6.07) is 0.120. The minimum atomic E-state index is -0.774. The van der Waals surface area contributed by atoms with Crippen LogP contribution in [0.1, 0.15) is 77.6 Å². The molecule has 0 aromatic heterocycles. The quantitative estimate of drug-likeness (QED) is 0.330. The molecule has 0 aromatic rings. The summed E-state index contributed by atoms with van der Waals surface area (Å²) >= 11 is 0. The Balaban J connectivity index is 0.00000300. The van der Waals surface area contributed by atoms with Crippen molar-refractivity contribution in [3.8, 4) is 0 Å². The Morgan fingerprint density at radius 2 is 1.72 bits per heavy atom. The van der Waals surface area contributed by atoms with Gasteiger partial charge in [0.2, 0.25) is 5.91 Å². The molecule has 8 heteroatoms. The van der Waals surface area contributed by atoms with E-state index in [9.17, 15) is 14.4 Å². The van der Waals surface area contributed by atoms with Crippen molar-refractivity contribution in [1.29, 1.82) is 0 Å². The SMILES string of the molecule is CCC1CCC2(CC1)NC(=O)N(CC(=O)NCCNC1CCCCCC1)C2=O.Cl. The van der Waals surface area contributed by atoms with Gasteiger partial charge >= 0.3 is 6.03 Å². The number of halogens is 1. The van der Waals surface area contributed by atoms with Gasteiger partial charge in [-0.1, -0.05) is 39.0 Å². The molecule has 3 fully saturated rings. The van der Waals surface area contributed by atoms with Crippen LogP contribution in [0.4, 0.5) is 4.79 Å². The summed E-state index contributed by atoms with van der Waals surface area (Å²) in [5.74, 6) is 0.137. The summed E-state index contributed by atoms with van der Waals surface area (Å²) in [7, 11) is 0. The van der Waals surface area contributed by atoms with Gasteiger partial charge in [-0.2, -0.15) is 0 Å². The Labute approximate surface area is 180 Å². The van der Waals surface area contributed by atoms with Crippen LogP contribution in [0, 0.1) is 5.92 Å². The maximum atomic E-state index is 12.8. The molecule has 29 heavy (non-hydrogen) atoms. The van der Waals surface area contributed by atoms with E-state index in [4.69, 9.17) is 0 Å². The van der Waals surface area contributed by atoms with Crippen molar-refractivity contribution in [3.05, 3.63) is 0 Å². The molecule has 1 aliphatic heterocycles. The number of nitrogens with one attached hydrogen (secondary N) is 3. The lowest BCUT2D eigenvalue weighted by Gasteiger charge is -2.34. The lowest BCUT2D eigenvalue weighted by molar-refractivity contribution is -0.136. The first kappa shape index (κ1) is 23.9. The average molecular weight is 429 g/mol. The fraction of sp³-hybridized carbons (Fsp3) is 0.857. The summed E-state index contributed by atoms with van der Waals surface area (Å²) < 4.78 is 0. The van der Waals surface area contributed by atoms with Crippen LogP contribution in [0.15, 0.2) is 0 Å². The first-order chi connectivity index (χ1) is 13.5. The summed E-state index contributed by atoms with van der Waals surface area (Å²) in [5.41, 5.74) is -0.774. The normalized spacial score (nSPS) is 28.0. The second-order valence-electron chi connectivity index (χ2n) is 8.75. The maximum absolute atomic E-state index is 12.8. The van der Waals surface area contributed by atoms with E-state index in [2.05, 4.69) is 22.9 Å². The number of nitrogens with zero attached hydrogens (tertiary/aromatic N) is 1. The van der Waals surface area contributed by atoms with Gasteiger partial charge in [-0.3, -0.25) is 14.5 Å². The largest absolute Gasteiger partial charge is 0.353 e. The molecule has 3 rings (SSSR count). The number of hydrogen-bond donors (Lipinski definition) is 3. The number of amides is 4. The molecule has 0 radical (unpaired) electrons. The predicted molar refractivity (Wildman–Crippen MR) is 115 cm³/mol. The molecule has 166 valence electrons. The van der Waals surface area contributed by atoms with Crippen molar-refractivity contribution in [1.82, 2.24) is 20.9 Å². The number of carbonyl (C=O) groups is 3. The minimum Gasteiger partial charge on any atom is -0.353 e. The van der Waals surface area contributed by atoms with Gasteiger partial charge in [0.05, 0.1) is 0 Å². The fourth-order valence-electron chi connectivity index (χ4n) is 4.90. The third-order valence-corrected chi connectivity index (χ3v) is 6.82. The molecule has 0 bridgehead atoms. The third-order valence-electron chi connectivity index (χ3n) is 6.82. The van der Waals surface area contributed by atoms with Gasteiger partial charge < -0.3 is 16.0 Å². The van der Waals surface area contributed by atoms with E-state index >= 15 is 0 Å². The number of urea groups is 1. The zero-order valence-electron chi connectivity index (χ0n) is 17.6. The predicted octanol–water partition coefficient (Wildman–Crippen LogP) is 2.73. The third kappa shape index (κ3) is 6.07. The standard InChI is InChI=1S/C21H36N4O3.ClH/c1-2-16-9-11-21(12-10-16)19(27)25(20(28)24-21)15-18(26)23-14-13-22-17-7-5-3-4-6-8-17;/h16-17,22H,2-15H2,1H3,(H,23,26)(H,24,28);1H. The lowest BCUT2D eigenvalue weighted by atomic mass is 9.75. The monoisotopic (exact) mass is 428 g/mol. The topological polar surface area (TPSA) is 90.5 Å². The van der Waals surface area contributed by atoms with Gasteiger partial charge in [-0.15, -0.1) is 12.4 Å². The zero-order valence-corrected chi connectivity index (χ0v) is 18.5. The molecule has 4 amide bonds. The molecule has 0 atom stereocenters. The average Bonchev–Trinajstić information content (AvgIpc) is 2.89. The zero-order chi connectivity index (χ0) is 20.0. The van der Waals surface area contributed by atoms with E-state index < -0.39 is 11.6 Å². The van der Waals surface area contributed by atoms with Crippen LogP contribution in [0.25, 0.3) is 0 Å². The van der Waals surface area contributed by atoms with Crippen LogP contribution in [0.2, 0.25) is 0 Å². The second kappa shape index (κ2) is 11.2. The van der Waals surface area contributed by atoms with E-state index in [0.29, 0.717) is 31.3 Å². The van der Waals surface area contributed by atoms with Crippen molar-refractivity contribution in [2.75, 3.05) is 19.6 Å². The Hall–Kier alpha value is -1.34. The molecule has 2 saturated carbocycles. The Kier molecular flexibility index (Phi) is 9.21. The molecular weight excluding hydrogens is 392 g/mol. The number of carbonyl (C=O) groups excluding carboxylic acids is 3. The first-order valence-corrected chi connectivity index (χ1v) is 11.2. The number of imide groups is 1. The van der Waals surface area contributed by atoms with E-state index in [0.717, 1.165) is 30.7 Å². The lowest BCUT2D eigenvalue weighted by Crippen LogP contribution is -2.50. The second-order valence-corrected chi connectivity index (χ2v) is 8.75. The molecule has 0 aromatic carbocycles. The van der Waals surface area contributed by atoms with Crippen LogP contribution in [0.3, 0.4) is 0 Å². The van der Waals surface area contributed by atoms with Crippen molar-refractivity contribution in [3.63, 3.8) is 0 Å². The molecule has 1 spiro atoms. The molecule has 3 aliphatic rings. The van der Waals surface area contributed by atoms with Crippen LogP contribution < -0.4 is 16.0 Å². The van der Waals surface area contributed by atoms with Crippen LogP contribution in [-0.4, -0.2) is 54.0 Å². The highest BCUT2D eigenvalue weighted by molar-refractivity contribution is 6.09. The summed E-state index contributed by atoms with van der Waals surface area (Å²) in [4.78, 5) is 38.5. The number of rotatable bonds is 7. The Morgan fingerprint density at radius 1 is 1.07 bits per heavy atom. The highest BCUT2D eigenvalue weighted by atomic mass is 35.5. The van der Waals surface area contributed by atoms with Crippen molar-refractivity contribution >= 4 is 30.3 Å². The molecule has 0 unspecified atom stereocenters. The molecule has 1 saturated heterocycles. The summed E-state index contributed by atoms with van der Waals surface area (Å²) in [6.07, 6.45) is 12.0. The molecule has 3 N–H and O–H groups in total. The van der Waals surface area contributed by atoms with Crippen molar-refractivity contribution in [2.45, 2.75) is 89.1 Å². The molecule has 1 heterocycles. The van der Waals surface area contributed by atoms with Crippen molar-refractivity contribution < 1.29 is 14.4 Å². The maximum Gasteiger partial charge on any atom is 0.325 e. The highest BCUT2D eigenvalue weighted by Crippen LogP contribution is 2.37. The van der Waals surface area contributed by atoms with E-state index in [-0.39, 0.29) is 30.8 Å². The fourth-order valence-corrected chi connectivity index (χ4v) is 4.90. The molecule has 2 aliphatic carbocycles.